The van der Waals surface area contributed by atoms with Gasteiger partial charge in [-0.1, -0.05) is 6.92 Å². The van der Waals surface area contributed by atoms with Gasteiger partial charge >= 0.3 is 5.97 Å². The first-order chi connectivity index (χ1) is 8.35. The molecule has 0 saturated heterocycles. The Morgan fingerprint density at radius 1 is 1.39 bits per heavy atom. The molecule has 6 heteroatoms. The van der Waals surface area contributed by atoms with Crippen LogP contribution in [0.2, 0.25) is 0 Å². The molecule has 0 aromatic heterocycles. The molecule has 3 N–H and O–H groups in total. The van der Waals surface area contributed by atoms with Crippen LogP contribution in [-0.4, -0.2) is 48.8 Å². The first kappa shape index (κ1) is 16.9. The molecule has 0 aliphatic carbocycles. The summed E-state index contributed by atoms with van der Waals surface area (Å²) in [6.07, 6.45) is 0.951. The van der Waals surface area contributed by atoms with Crippen LogP contribution in [0.5, 0.6) is 0 Å². The molecule has 0 aliphatic heterocycles. The van der Waals surface area contributed by atoms with Crippen molar-refractivity contribution in [2.45, 2.75) is 45.2 Å². The zero-order valence-electron chi connectivity index (χ0n) is 11.6. The molecular formula is C12H24N2O4. The van der Waals surface area contributed by atoms with Gasteiger partial charge < -0.3 is 20.5 Å². The molecule has 1 atom stereocenters. The van der Waals surface area contributed by atoms with Gasteiger partial charge in [-0.3, -0.25) is 4.79 Å². The molecule has 0 radical (unpaired) electrons. The van der Waals surface area contributed by atoms with Crippen LogP contribution in [0.1, 0.15) is 33.6 Å². The predicted molar refractivity (Wildman–Crippen MR) is 68.4 cm³/mol. The summed E-state index contributed by atoms with van der Waals surface area (Å²) in [6.45, 7) is 6.46. The highest BCUT2D eigenvalue weighted by Crippen LogP contribution is 2.05. The molecule has 6 nitrogen and oxygen atoms in total. The number of nitrogens with one attached hydrogen (secondary N) is 2. The third-order valence-electron chi connectivity index (χ3n) is 2.63. The van der Waals surface area contributed by atoms with Crippen LogP contribution in [-0.2, 0) is 14.3 Å². The Labute approximate surface area is 108 Å². The first-order valence-electron chi connectivity index (χ1n) is 6.13. The average molecular weight is 260 g/mol. The number of ether oxygens (including phenoxy) is 1. The lowest BCUT2D eigenvalue weighted by Gasteiger charge is -2.26. The third-order valence-corrected chi connectivity index (χ3v) is 2.63. The Kier molecular flexibility index (Phi) is 7.54. The Hall–Kier alpha value is -1.14. The van der Waals surface area contributed by atoms with E-state index in [4.69, 9.17) is 9.84 Å². The second-order valence-electron chi connectivity index (χ2n) is 4.65. The van der Waals surface area contributed by atoms with E-state index in [1.807, 2.05) is 6.92 Å². The summed E-state index contributed by atoms with van der Waals surface area (Å²) < 4.78 is 4.86. The van der Waals surface area contributed by atoms with Gasteiger partial charge in [0.15, 0.2) is 0 Å². The molecule has 0 rings (SSSR count). The van der Waals surface area contributed by atoms with Crippen molar-refractivity contribution in [1.29, 1.82) is 0 Å². The van der Waals surface area contributed by atoms with Gasteiger partial charge in [0.05, 0.1) is 5.54 Å². The van der Waals surface area contributed by atoms with Crippen molar-refractivity contribution >= 4 is 11.9 Å². The number of carbonyl (C=O) groups is 2. The number of carbonyl (C=O) groups excluding carboxylic acids is 1. The van der Waals surface area contributed by atoms with Crippen LogP contribution >= 0.6 is 0 Å². The van der Waals surface area contributed by atoms with Crippen molar-refractivity contribution in [3.63, 3.8) is 0 Å². The van der Waals surface area contributed by atoms with Gasteiger partial charge in [0.25, 0.3) is 0 Å². The van der Waals surface area contributed by atoms with Crippen molar-refractivity contribution in [3.05, 3.63) is 0 Å². The Bertz CT molecular complexity index is 279. The number of hydrogen-bond acceptors (Lipinski definition) is 4. The Balaban J connectivity index is 4.40. The van der Waals surface area contributed by atoms with E-state index >= 15 is 0 Å². The van der Waals surface area contributed by atoms with Crippen LogP contribution in [0, 0.1) is 0 Å². The van der Waals surface area contributed by atoms with Crippen molar-refractivity contribution in [1.82, 2.24) is 10.6 Å². The number of methoxy groups -OCH3 is 1. The van der Waals surface area contributed by atoms with Gasteiger partial charge in [-0.15, -0.1) is 0 Å². The molecule has 0 spiro atoms. The summed E-state index contributed by atoms with van der Waals surface area (Å²) in [7, 11) is 1.56. The minimum Gasteiger partial charge on any atom is -0.480 e. The zero-order chi connectivity index (χ0) is 14.2. The molecule has 106 valence electrons. The van der Waals surface area contributed by atoms with Crippen molar-refractivity contribution in [2.24, 2.45) is 0 Å². The maximum Gasteiger partial charge on any atom is 0.326 e. The maximum atomic E-state index is 11.9. The summed E-state index contributed by atoms with van der Waals surface area (Å²) in [6, 6.07) is -0.870. The number of amides is 1. The standard InChI is InChI=1S/C12H24N2O4/c1-5-13-12(2,3)11(17)14-9(10(15)16)7-6-8-18-4/h9,13H,5-8H2,1-4H3,(H,14,17)(H,15,16). The third kappa shape index (κ3) is 5.97. The van der Waals surface area contributed by atoms with Crippen molar-refractivity contribution in [2.75, 3.05) is 20.3 Å². The molecule has 0 bridgehead atoms. The van der Waals surface area contributed by atoms with Gasteiger partial charge in [0.1, 0.15) is 6.04 Å². The monoisotopic (exact) mass is 260 g/mol. The quantitative estimate of drug-likeness (QED) is 0.521. The van der Waals surface area contributed by atoms with Gasteiger partial charge in [0, 0.05) is 13.7 Å². The topological polar surface area (TPSA) is 87.7 Å². The summed E-state index contributed by atoms with van der Waals surface area (Å²) in [5, 5.41) is 14.6. The molecular weight excluding hydrogens is 236 g/mol. The number of hydrogen-bond donors (Lipinski definition) is 3. The van der Waals surface area contributed by atoms with Crippen LogP contribution < -0.4 is 10.6 Å². The summed E-state index contributed by atoms with van der Waals surface area (Å²) >= 11 is 0. The zero-order valence-corrected chi connectivity index (χ0v) is 11.6. The van der Waals surface area contributed by atoms with Gasteiger partial charge in [-0.25, -0.2) is 4.79 Å². The van der Waals surface area contributed by atoms with E-state index in [1.165, 1.54) is 0 Å². The van der Waals surface area contributed by atoms with E-state index in [0.29, 0.717) is 26.0 Å². The van der Waals surface area contributed by atoms with Crippen molar-refractivity contribution in [3.8, 4) is 0 Å². The minimum absolute atomic E-state index is 0.311. The van der Waals surface area contributed by atoms with E-state index in [0.717, 1.165) is 0 Å². The predicted octanol–water partition coefficient (Wildman–Crippen LogP) is 0.371. The lowest BCUT2D eigenvalue weighted by molar-refractivity contribution is -0.143. The lowest BCUT2D eigenvalue weighted by atomic mass is 10.0. The van der Waals surface area contributed by atoms with E-state index in [2.05, 4.69) is 10.6 Å². The molecule has 1 unspecified atom stereocenters. The molecule has 0 saturated carbocycles. The summed E-state index contributed by atoms with van der Waals surface area (Å²) in [4.78, 5) is 23.0. The molecule has 0 aliphatic rings. The van der Waals surface area contributed by atoms with Crippen molar-refractivity contribution < 1.29 is 19.4 Å². The smallest absolute Gasteiger partial charge is 0.326 e. The lowest BCUT2D eigenvalue weighted by Crippen LogP contribution is -2.56. The van der Waals surface area contributed by atoms with Crippen LogP contribution in [0.25, 0.3) is 0 Å². The van der Waals surface area contributed by atoms with Gasteiger partial charge in [-0.05, 0) is 33.2 Å². The largest absolute Gasteiger partial charge is 0.480 e. The van der Waals surface area contributed by atoms with Crippen LogP contribution in [0.15, 0.2) is 0 Å². The molecule has 0 fully saturated rings. The Morgan fingerprint density at radius 2 is 2.00 bits per heavy atom. The van der Waals surface area contributed by atoms with E-state index < -0.39 is 17.6 Å². The van der Waals surface area contributed by atoms with Crippen LogP contribution in [0.4, 0.5) is 0 Å². The highest BCUT2D eigenvalue weighted by molar-refractivity contribution is 5.89. The van der Waals surface area contributed by atoms with E-state index in [-0.39, 0.29) is 5.91 Å². The first-order valence-corrected chi connectivity index (χ1v) is 6.13. The fourth-order valence-electron chi connectivity index (χ4n) is 1.55. The van der Waals surface area contributed by atoms with Crippen LogP contribution in [0.3, 0.4) is 0 Å². The fourth-order valence-corrected chi connectivity index (χ4v) is 1.55. The fraction of sp³-hybridized carbons (Fsp3) is 0.833. The Morgan fingerprint density at radius 3 is 2.44 bits per heavy atom. The summed E-state index contributed by atoms with van der Waals surface area (Å²) in [5.41, 5.74) is -0.774. The normalized spacial score (nSPS) is 13.1. The highest BCUT2D eigenvalue weighted by Gasteiger charge is 2.30. The second-order valence-corrected chi connectivity index (χ2v) is 4.65. The SMILES string of the molecule is CCNC(C)(C)C(=O)NC(CCCOC)C(=O)O. The average Bonchev–Trinajstić information content (AvgIpc) is 2.27. The molecule has 0 aromatic rings. The summed E-state index contributed by atoms with van der Waals surface area (Å²) in [5.74, 6) is -1.33. The molecule has 0 heterocycles. The van der Waals surface area contributed by atoms with E-state index in [1.54, 1.807) is 21.0 Å². The number of carboxylic acids is 1. The van der Waals surface area contributed by atoms with Gasteiger partial charge in [0.2, 0.25) is 5.91 Å². The maximum absolute atomic E-state index is 11.9. The number of likely N-dealkylation sites (N-methyl/N-ethyl adjacent to an activating group) is 1. The number of rotatable bonds is 9. The van der Waals surface area contributed by atoms with Gasteiger partial charge in [-0.2, -0.15) is 0 Å². The number of carboxylic acid groups (broad SMARTS) is 1. The molecule has 0 aromatic carbocycles. The molecule has 1 amide bonds. The highest BCUT2D eigenvalue weighted by atomic mass is 16.5. The number of aliphatic carboxylic acids is 1. The molecule has 18 heavy (non-hydrogen) atoms. The second kappa shape index (κ2) is 8.05. The van der Waals surface area contributed by atoms with E-state index in [9.17, 15) is 9.59 Å². The minimum atomic E-state index is -1.02.